The Labute approximate surface area is 152 Å². The normalized spacial score (nSPS) is 13.6. The lowest BCUT2D eigenvalue weighted by Gasteiger charge is -2.26. The Hall–Kier alpha value is -2.86. The summed E-state index contributed by atoms with van der Waals surface area (Å²) >= 11 is 0. The molecule has 0 fully saturated rings. The molecular formula is C20H22N2O4. The third-order valence-corrected chi connectivity index (χ3v) is 4.77. The molecule has 0 aromatic heterocycles. The van der Waals surface area contributed by atoms with Crippen molar-refractivity contribution in [1.29, 1.82) is 0 Å². The van der Waals surface area contributed by atoms with Crippen molar-refractivity contribution in [3.8, 4) is 11.1 Å². The zero-order valence-electron chi connectivity index (χ0n) is 14.6. The van der Waals surface area contributed by atoms with E-state index in [0.717, 1.165) is 27.2 Å². The van der Waals surface area contributed by atoms with Crippen LogP contribution in [0, 0.1) is 0 Å². The summed E-state index contributed by atoms with van der Waals surface area (Å²) in [6.45, 7) is 1.89. The lowest BCUT2D eigenvalue weighted by molar-refractivity contribution is -0.142. The molecule has 26 heavy (non-hydrogen) atoms. The standard InChI is InChI=1S/C20H22N2O4/c1-13(19(23)24)22(11-10-21)20(25)26-12-18-16-8-4-2-6-14(16)15-7-3-5-9-17(15)18/h2-9,13,18H,10-12,21H2,1H3,(H,23,24). The number of fused-ring (bicyclic) bond motifs is 3. The summed E-state index contributed by atoms with van der Waals surface area (Å²) < 4.78 is 5.49. The molecule has 3 rings (SSSR count). The van der Waals surface area contributed by atoms with Crippen molar-refractivity contribution in [2.24, 2.45) is 5.73 Å². The van der Waals surface area contributed by atoms with E-state index in [2.05, 4.69) is 12.1 Å². The van der Waals surface area contributed by atoms with E-state index in [0.29, 0.717) is 0 Å². The van der Waals surface area contributed by atoms with Crippen LogP contribution >= 0.6 is 0 Å². The quantitative estimate of drug-likeness (QED) is 0.832. The monoisotopic (exact) mass is 354 g/mol. The number of hydrogen-bond acceptors (Lipinski definition) is 4. The van der Waals surface area contributed by atoms with E-state index >= 15 is 0 Å². The number of nitrogens with zero attached hydrogens (tertiary/aromatic N) is 1. The van der Waals surface area contributed by atoms with Crippen LogP contribution in [-0.4, -0.2) is 47.8 Å². The Bertz CT molecular complexity index is 775. The minimum absolute atomic E-state index is 0.0637. The van der Waals surface area contributed by atoms with Gasteiger partial charge in [0.15, 0.2) is 0 Å². The highest BCUT2D eigenvalue weighted by Crippen LogP contribution is 2.44. The molecule has 1 atom stereocenters. The summed E-state index contributed by atoms with van der Waals surface area (Å²) in [5.41, 5.74) is 10.0. The SMILES string of the molecule is CC(C(=O)O)N(CCN)C(=O)OCC1c2ccccc2-c2ccccc21. The third-order valence-electron chi connectivity index (χ3n) is 4.77. The number of carbonyl (C=O) groups excluding carboxylic acids is 1. The van der Waals surface area contributed by atoms with Gasteiger partial charge in [-0.05, 0) is 29.2 Å². The Morgan fingerprint density at radius 2 is 1.65 bits per heavy atom. The zero-order valence-corrected chi connectivity index (χ0v) is 14.6. The second kappa shape index (κ2) is 7.58. The van der Waals surface area contributed by atoms with Crippen LogP contribution in [0.15, 0.2) is 48.5 Å². The van der Waals surface area contributed by atoms with Gasteiger partial charge < -0.3 is 15.6 Å². The summed E-state index contributed by atoms with van der Waals surface area (Å²) in [5.74, 6) is -1.15. The maximum absolute atomic E-state index is 12.4. The largest absolute Gasteiger partial charge is 0.480 e. The highest BCUT2D eigenvalue weighted by atomic mass is 16.6. The van der Waals surface area contributed by atoms with E-state index < -0.39 is 18.1 Å². The van der Waals surface area contributed by atoms with Crippen LogP contribution in [0.2, 0.25) is 0 Å². The lowest BCUT2D eigenvalue weighted by atomic mass is 9.98. The van der Waals surface area contributed by atoms with Crippen molar-refractivity contribution in [3.63, 3.8) is 0 Å². The van der Waals surface area contributed by atoms with E-state index in [1.165, 1.54) is 6.92 Å². The van der Waals surface area contributed by atoms with Crippen molar-refractivity contribution < 1.29 is 19.4 Å². The van der Waals surface area contributed by atoms with Gasteiger partial charge in [0.1, 0.15) is 12.6 Å². The summed E-state index contributed by atoms with van der Waals surface area (Å²) in [4.78, 5) is 24.8. The Morgan fingerprint density at radius 1 is 1.12 bits per heavy atom. The first-order chi connectivity index (χ1) is 12.5. The first kappa shape index (κ1) is 17.9. The number of amides is 1. The van der Waals surface area contributed by atoms with Gasteiger partial charge in [0.05, 0.1) is 0 Å². The smallest absolute Gasteiger partial charge is 0.410 e. The molecule has 0 saturated heterocycles. The van der Waals surface area contributed by atoms with Crippen molar-refractivity contribution >= 4 is 12.1 Å². The van der Waals surface area contributed by atoms with Gasteiger partial charge in [-0.1, -0.05) is 48.5 Å². The minimum Gasteiger partial charge on any atom is -0.480 e. The Morgan fingerprint density at radius 3 is 2.15 bits per heavy atom. The summed E-state index contributed by atoms with van der Waals surface area (Å²) in [5, 5.41) is 9.18. The van der Waals surface area contributed by atoms with Gasteiger partial charge in [0, 0.05) is 19.0 Å². The number of hydrogen-bond donors (Lipinski definition) is 2. The number of carboxylic acids is 1. The first-order valence-corrected chi connectivity index (χ1v) is 8.59. The minimum atomic E-state index is -1.09. The van der Waals surface area contributed by atoms with Gasteiger partial charge in [-0.2, -0.15) is 0 Å². The molecule has 1 amide bonds. The molecule has 0 radical (unpaired) electrons. The number of rotatable bonds is 6. The molecule has 2 aromatic carbocycles. The van der Waals surface area contributed by atoms with E-state index in [9.17, 15) is 14.7 Å². The van der Waals surface area contributed by atoms with Gasteiger partial charge in [-0.25, -0.2) is 9.59 Å². The van der Waals surface area contributed by atoms with Crippen LogP contribution in [0.25, 0.3) is 11.1 Å². The first-order valence-electron chi connectivity index (χ1n) is 8.59. The van der Waals surface area contributed by atoms with Crippen LogP contribution in [0.4, 0.5) is 4.79 Å². The number of aliphatic carboxylic acids is 1. The van der Waals surface area contributed by atoms with Crippen molar-refractivity contribution in [3.05, 3.63) is 59.7 Å². The second-order valence-corrected chi connectivity index (χ2v) is 6.30. The third kappa shape index (κ3) is 3.28. The van der Waals surface area contributed by atoms with Gasteiger partial charge in [-0.15, -0.1) is 0 Å². The fourth-order valence-electron chi connectivity index (χ4n) is 3.39. The topological polar surface area (TPSA) is 92.9 Å². The molecule has 3 N–H and O–H groups in total. The van der Waals surface area contributed by atoms with Gasteiger partial charge in [0.25, 0.3) is 0 Å². The number of carbonyl (C=O) groups is 2. The zero-order chi connectivity index (χ0) is 18.7. The predicted molar refractivity (Wildman–Crippen MR) is 97.9 cm³/mol. The van der Waals surface area contributed by atoms with E-state index in [1.807, 2.05) is 36.4 Å². The number of benzene rings is 2. The lowest BCUT2D eigenvalue weighted by Crippen LogP contribution is -2.46. The highest BCUT2D eigenvalue weighted by molar-refractivity contribution is 5.81. The molecule has 0 heterocycles. The summed E-state index contributed by atoms with van der Waals surface area (Å²) in [6, 6.07) is 15.1. The number of carboxylic acid groups (broad SMARTS) is 1. The molecule has 6 nitrogen and oxygen atoms in total. The van der Waals surface area contributed by atoms with E-state index in [1.54, 1.807) is 0 Å². The molecule has 136 valence electrons. The average molecular weight is 354 g/mol. The van der Waals surface area contributed by atoms with Crippen LogP contribution < -0.4 is 5.73 Å². The van der Waals surface area contributed by atoms with Crippen molar-refractivity contribution in [1.82, 2.24) is 4.90 Å². The fourth-order valence-corrected chi connectivity index (χ4v) is 3.39. The fraction of sp³-hybridized carbons (Fsp3) is 0.300. The predicted octanol–water partition coefficient (Wildman–Crippen LogP) is 2.67. The molecule has 0 aliphatic heterocycles. The Balaban J connectivity index is 1.79. The average Bonchev–Trinajstić information content (AvgIpc) is 2.97. The molecule has 1 aliphatic carbocycles. The van der Waals surface area contributed by atoms with Crippen LogP contribution in [0.5, 0.6) is 0 Å². The number of ether oxygens (including phenoxy) is 1. The van der Waals surface area contributed by atoms with Crippen molar-refractivity contribution in [2.45, 2.75) is 18.9 Å². The van der Waals surface area contributed by atoms with Crippen LogP contribution in [-0.2, 0) is 9.53 Å². The molecule has 6 heteroatoms. The molecule has 2 aromatic rings. The molecule has 0 spiro atoms. The Kier molecular flexibility index (Phi) is 5.23. The maximum Gasteiger partial charge on any atom is 0.410 e. The maximum atomic E-state index is 12.4. The van der Waals surface area contributed by atoms with Gasteiger partial charge >= 0.3 is 12.1 Å². The highest BCUT2D eigenvalue weighted by Gasteiger charge is 2.31. The second-order valence-electron chi connectivity index (χ2n) is 6.30. The molecule has 1 aliphatic rings. The molecule has 0 bridgehead atoms. The van der Waals surface area contributed by atoms with Crippen LogP contribution in [0.1, 0.15) is 24.0 Å². The van der Waals surface area contributed by atoms with Gasteiger partial charge in [-0.3, -0.25) is 4.90 Å². The molecule has 0 saturated carbocycles. The van der Waals surface area contributed by atoms with E-state index in [-0.39, 0.29) is 25.6 Å². The number of nitrogens with two attached hydrogens (primary N) is 1. The van der Waals surface area contributed by atoms with E-state index in [4.69, 9.17) is 10.5 Å². The summed E-state index contributed by atoms with van der Waals surface area (Å²) in [6.07, 6.45) is -0.660. The van der Waals surface area contributed by atoms with Gasteiger partial charge in [0.2, 0.25) is 0 Å². The molecule has 1 unspecified atom stereocenters. The summed E-state index contributed by atoms with van der Waals surface area (Å²) in [7, 11) is 0. The van der Waals surface area contributed by atoms with Crippen molar-refractivity contribution in [2.75, 3.05) is 19.7 Å². The van der Waals surface area contributed by atoms with Crippen LogP contribution in [0.3, 0.4) is 0 Å². The molecular weight excluding hydrogens is 332 g/mol.